The first-order chi connectivity index (χ1) is 28.2. The highest BCUT2D eigenvalue weighted by Crippen LogP contribution is 2.43. The second-order valence-corrected chi connectivity index (χ2v) is 16.5. The van der Waals surface area contributed by atoms with Crippen molar-refractivity contribution in [2.45, 2.75) is 0 Å². The molecule has 266 valence electrons. The first-order valence-electron chi connectivity index (χ1n) is 18.9. The number of hydrogen-bond acceptors (Lipinski definition) is 6. The number of para-hydroxylation sites is 2. The SMILES string of the molecule is c1cc(-c2ccc(-c3nc(-c4cccc5sc6ccccc6c45)nc(-c4cccc5sc6ccccc6c45)n3)cc2)cc(-c2cccc3c2oc2ccccc23)c1. The molecule has 0 aliphatic carbocycles. The summed E-state index contributed by atoms with van der Waals surface area (Å²) in [5, 5.41) is 7.03. The van der Waals surface area contributed by atoms with E-state index in [4.69, 9.17) is 19.4 Å². The summed E-state index contributed by atoms with van der Waals surface area (Å²) < 4.78 is 11.3. The highest BCUT2D eigenvalue weighted by atomic mass is 32.1. The fraction of sp³-hybridized carbons (Fsp3) is 0. The van der Waals surface area contributed by atoms with Crippen LogP contribution in [0.1, 0.15) is 0 Å². The first-order valence-corrected chi connectivity index (χ1v) is 20.6. The third-order valence-corrected chi connectivity index (χ3v) is 13.2. The van der Waals surface area contributed by atoms with E-state index in [1.54, 1.807) is 22.7 Å². The van der Waals surface area contributed by atoms with Gasteiger partial charge in [-0.1, -0.05) is 140 Å². The fourth-order valence-corrected chi connectivity index (χ4v) is 10.6. The molecule has 6 heteroatoms. The molecule has 0 fully saturated rings. The van der Waals surface area contributed by atoms with Gasteiger partial charge in [0.25, 0.3) is 0 Å². The summed E-state index contributed by atoms with van der Waals surface area (Å²) in [6.07, 6.45) is 0. The number of furan rings is 1. The molecular formula is C51H29N3OS2. The van der Waals surface area contributed by atoms with Crippen LogP contribution in [-0.4, -0.2) is 15.0 Å². The van der Waals surface area contributed by atoms with E-state index in [1.807, 2.05) is 12.1 Å². The van der Waals surface area contributed by atoms with E-state index in [1.165, 1.54) is 40.3 Å². The number of hydrogen-bond donors (Lipinski definition) is 0. The van der Waals surface area contributed by atoms with E-state index in [2.05, 4.69) is 164 Å². The Morgan fingerprint density at radius 2 is 0.825 bits per heavy atom. The van der Waals surface area contributed by atoms with Crippen LogP contribution >= 0.6 is 22.7 Å². The Hall–Kier alpha value is -6.99. The van der Waals surface area contributed by atoms with Gasteiger partial charge in [0.15, 0.2) is 17.5 Å². The van der Waals surface area contributed by atoms with Crippen LogP contribution in [0.2, 0.25) is 0 Å². The highest BCUT2D eigenvalue weighted by Gasteiger charge is 2.20. The Morgan fingerprint density at radius 1 is 0.333 bits per heavy atom. The molecule has 0 saturated heterocycles. The van der Waals surface area contributed by atoms with Crippen molar-refractivity contribution >= 4 is 85.0 Å². The van der Waals surface area contributed by atoms with Gasteiger partial charge in [-0.3, -0.25) is 0 Å². The van der Waals surface area contributed by atoms with Gasteiger partial charge in [-0.25, -0.2) is 15.0 Å². The van der Waals surface area contributed by atoms with Gasteiger partial charge in [0.1, 0.15) is 11.2 Å². The number of fused-ring (bicyclic) bond motifs is 9. The molecule has 57 heavy (non-hydrogen) atoms. The Morgan fingerprint density at radius 3 is 1.51 bits per heavy atom. The summed E-state index contributed by atoms with van der Waals surface area (Å²) in [5.74, 6) is 1.97. The molecule has 0 bridgehead atoms. The first kappa shape index (κ1) is 32.3. The molecular weight excluding hydrogens is 735 g/mol. The van der Waals surface area contributed by atoms with Crippen LogP contribution in [0.5, 0.6) is 0 Å². The van der Waals surface area contributed by atoms with Crippen LogP contribution in [0.15, 0.2) is 180 Å². The molecule has 0 aliphatic rings. The fourth-order valence-electron chi connectivity index (χ4n) is 8.32. The van der Waals surface area contributed by atoms with Crippen molar-refractivity contribution in [2.24, 2.45) is 0 Å². The van der Waals surface area contributed by atoms with Crippen LogP contribution in [0.3, 0.4) is 0 Å². The van der Waals surface area contributed by atoms with Crippen molar-refractivity contribution in [1.29, 1.82) is 0 Å². The van der Waals surface area contributed by atoms with Gasteiger partial charge in [0.05, 0.1) is 0 Å². The molecule has 0 atom stereocenters. The topological polar surface area (TPSA) is 51.8 Å². The van der Waals surface area contributed by atoms with E-state index in [0.29, 0.717) is 17.5 Å². The average molecular weight is 764 g/mol. The van der Waals surface area contributed by atoms with Crippen molar-refractivity contribution < 1.29 is 4.42 Å². The number of aromatic nitrogens is 3. The molecule has 12 rings (SSSR count). The maximum absolute atomic E-state index is 6.39. The predicted molar refractivity (Wildman–Crippen MR) is 240 cm³/mol. The molecule has 0 saturated carbocycles. The van der Waals surface area contributed by atoms with Crippen LogP contribution < -0.4 is 0 Å². The van der Waals surface area contributed by atoms with E-state index in [9.17, 15) is 0 Å². The second-order valence-electron chi connectivity index (χ2n) is 14.3. The summed E-state index contributed by atoms with van der Waals surface area (Å²) in [7, 11) is 0. The van der Waals surface area contributed by atoms with E-state index < -0.39 is 0 Å². The lowest BCUT2D eigenvalue weighted by Crippen LogP contribution is -2.00. The zero-order chi connectivity index (χ0) is 37.5. The monoisotopic (exact) mass is 763 g/mol. The zero-order valence-electron chi connectivity index (χ0n) is 30.3. The predicted octanol–water partition coefficient (Wildman–Crippen LogP) is 14.8. The third kappa shape index (κ3) is 5.22. The molecule has 4 heterocycles. The molecule has 0 aliphatic heterocycles. The minimum absolute atomic E-state index is 0.639. The molecule has 8 aromatic carbocycles. The highest BCUT2D eigenvalue weighted by molar-refractivity contribution is 7.26. The van der Waals surface area contributed by atoms with Gasteiger partial charge in [-0.05, 0) is 53.1 Å². The Bertz CT molecular complexity index is 3410. The second kappa shape index (κ2) is 12.8. The van der Waals surface area contributed by atoms with Gasteiger partial charge >= 0.3 is 0 Å². The van der Waals surface area contributed by atoms with Gasteiger partial charge in [0.2, 0.25) is 0 Å². The molecule has 0 amide bonds. The molecule has 4 nitrogen and oxygen atoms in total. The van der Waals surface area contributed by atoms with E-state index in [0.717, 1.165) is 60.9 Å². The Balaban J connectivity index is 1.00. The van der Waals surface area contributed by atoms with Gasteiger partial charge < -0.3 is 4.42 Å². The average Bonchev–Trinajstić information content (AvgIpc) is 3.98. The lowest BCUT2D eigenvalue weighted by molar-refractivity contribution is 0.670. The van der Waals surface area contributed by atoms with Gasteiger partial charge in [0, 0.05) is 73.4 Å². The minimum atomic E-state index is 0.639. The lowest BCUT2D eigenvalue weighted by atomic mass is 9.97. The Kier molecular flexibility index (Phi) is 7.24. The standard InChI is InChI=1S/C51H29N3OS2/c1-4-20-41-35(13-1)36-17-8-16-34(48(36)55-41)33-12-7-11-32(29-33)30-25-27-31(28-26-30)49-52-50(39-18-9-23-44-46(39)37-14-2-5-21-42(37)56-44)54-51(53-49)40-19-10-24-45-47(40)38-15-3-6-22-43(38)57-45/h1-29H. The molecule has 0 N–H and O–H groups in total. The summed E-state index contributed by atoms with van der Waals surface area (Å²) in [5.41, 5.74) is 9.16. The van der Waals surface area contributed by atoms with E-state index in [-0.39, 0.29) is 0 Å². The molecule has 12 aromatic rings. The van der Waals surface area contributed by atoms with Gasteiger partial charge in [-0.2, -0.15) is 0 Å². The van der Waals surface area contributed by atoms with Crippen molar-refractivity contribution in [3.63, 3.8) is 0 Å². The molecule has 0 radical (unpaired) electrons. The zero-order valence-corrected chi connectivity index (χ0v) is 31.9. The quantitative estimate of drug-likeness (QED) is 0.175. The number of thiophene rings is 2. The summed E-state index contributed by atoms with van der Waals surface area (Å²) >= 11 is 3.60. The van der Waals surface area contributed by atoms with Crippen molar-refractivity contribution in [3.05, 3.63) is 176 Å². The molecule has 0 unspecified atom stereocenters. The smallest absolute Gasteiger partial charge is 0.164 e. The largest absolute Gasteiger partial charge is 0.455 e. The van der Waals surface area contributed by atoms with Crippen LogP contribution in [0, 0.1) is 0 Å². The number of benzene rings is 8. The summed E-state index contributed by atoms with van der Waals surface area (Å²) in [6, 6.07) is 62.0. The van der Waals surface area contributed by atoms with Crippen LogP contribution in [0.4, 0.5) is 0 Å². The number of rotatable bonds is 5. The van der Waals surface area contributed by atoms with E-state index >= 15 is 0 Å². The van der Waals surface area contributed by atoms with Gasteiger partial charge in [-0.15, -0.1) is 22.7 Å². The maximum atomic E-state index is 6.39. The lowest BCUT2D eigenvalue weighted by Gasteiger charge is -2.11. The summed E-state index contributed by atoms with van der Waals surface area (Å²) in [6.45, 7) is 0. The third-order valence-electron chi connectivity index (χ3n) is 11.0. The van der Waals surface area contributed by atoms with Crippen LogP contribution in [0.25, 0.3) is 119 Å². The number of nitrogens with zero attached hydrogens (tertiary/aromatic N) is 3. The summed E-state index contributed by atoms with van der Waals surface area (Å²) in [4.78, 5) is 15.8. The molecule has 4 aromatic heterocycles. The van der Waals surface area contributed by atoms with Crippen LogP contribution in [-0.2, 0) is 0 Å². The maximum Gasteiger partial charge on any atom is 0.164 e. The molecule has 0 spiro atoms. The normalized spacial score (nSPS) is 11.9. The van der Waals surface area contributed by atoms with Crippen molar-refractivity contribution in [2.75, 3.05) is 0 Å². The van der Waals surface area contributed by atoms with Crippen molar-refractivity contribution in [3.8, 4) is 56.4 Å². The minimum Gasteiger partial charge on any atom is -0.455 e. The Labute approximate surface area is 335 Å². The van der Waals surface area contributed by atoms with Crippen molar-refractivity contribution in [1.82, 2.24) is 15.0 Å².